The van der Waals surface area contributed by atoms with Gasteiger partial charge in [0.1, 0.15) is 12.3 Å². The fourth-order valence-corrected chi connectivity index (χ4v) is 5.69. The summed E-state index contributed by atoms with van der Waals surface area (Å²) in [5, 5.41) is 7.59. The summed E-state index contributed by atoms with van der Waals surface area (Å²) in [5.41, 5.74) is 10.7. The van der Waals surface area contributed by atoms with Crippen LogP contribution < -0.4 is 20.4 Å². The van der Waals surface area contributed by atoms with Crippen LogP contribution in [0.3, 0.4) is 0 Å². The van der Waals surface area contributed by atoms with Crippen LogP contribution in [-0.4, -0.2) is 0 Å². The standard InChI is InChI=1S/C33H28N4/c1-23-20-24(32-34-28-16-8-10-18-30(28)36(32)26-12-4-2-5-13-26)22-25(21-23)33-35-29-17-9-11-19-31(29)37(33)27-14-6-3-7-15-27/h2-22,32-35H,1H3. The minimum atomic E-state index is -0.00703. The minimum absolute atomic E-state index is 0.00703. The van der Waals surface area contributed by atoms with E-state index >= 15 is 0 Å². The predicted molar refractivity (Wildman–Crippen MR) is 154 cm³/mol. The van der Waals surface area contributed by atoms with Gasteiger partial charge in [0.25, 0.3) is 0 Å². The first-order valence-electron chi connectivity index (χ1n) is 12.8. The highest BCUT2D eigenvalue weighted by Crippen LogP contribution is 2.48. The molecule has 2 atom stereocenters. The van der Waals surface area contributed by atoms with E-state index in [9.17, 15) is 0 Å². The number of fused-ring (bicyclic) bond motifs is 2. The summed E-state index contributed by atoms with van der Waals surface area (Å²) >= 11 is 0. The zero-order valence-electron chi connectivity index (χ0n) is 20.7. The zero-order chi connectivity index (χ0) is 24.8. The number of hydrogen-bond donors (Lipinski definition) is 2. The first kappa shape index (κ1) is 21.6. The molecule has 180 valence electrons. The number of benzene rings is 5. The van der Waals surface area contributed by atoms with Crippen LogP contribution in [0.15, 0.2) is 127 Å². The molecular formula is C33H28N4. The Bertz CT molecular complexity index is 1450. The third-order valence-corrected chi connectivity index (χ3v) is 7.25. The lowest BCUT2D eigenvalue weighted by Crippen LogP contribution is -2.26. The van der Waals surface area contributed by atoms with E-state index in [2.05, 4.69) is 155 Å². The molecule has 5 aromatic rings. The van der Waals surface area contributed by atoms with Gasteiger partial charge in [0.2, 0.25) is 0 Å². The van der Waals surface area contributed by atoms with Crippen LogP contribution in [0, 0.1) is 6.92 Å². The Labute approximate surface area is 217 Å². The van der Waals surface area contributed by atoms with Gasteiger partial charge >= 0.3 is 0 Å². The third-order valence-electron chi connectivity index (χ3n) is 7.25. The van der Waals surface area contributed by atoms with Gasteiger partial charge in [-0.05, 0) is 72.6 Å². The second-order valence-corrected chi connectivity index (χ2v) is 9.72. The maximum absolute atomic E-state index is 3.80. The Morgan fingerprint density at radius 2 is 0.892 bits per heavy atom. The summed E-state index contributed by atoms with van der Waals surface area (Å²) in [7, 11) is 0. The van der Waals surface area contributed by atoms with Crippen LogP contribution >= 0.6 is 0 Å². The summed E-state index contributed by atoms with van der Waals surface area (Å²) in [6, 6.07) is 45.3. The summed E-state index contributed by atoms with van der Waals surface area (Å²) in [6.07, 6.45) is -0.0141. The molecule has 0 bridgehead atoms. The maximum atomic E-state index is 3.80. The number of nitrogens with one attached hydrogen (secondary N) is 2. The molecule has 0 saturated carbocycles. The van der Waals surface area contributed by atoms with Crippen molar-refractivity contribution in [3.63, 3.8) is 0 Å². The molecule has 37 heavy (non-hydrogen) atoms. The largest absolute Gasteiger partial charge is 0.359 e. The summed E-state index contributed by atoms with van der Waals surface area (Å²) in [5.74, 6) is 0. The van der Waals surface area contributed by atoms with Crippen molar-refractivity contribution in [3.8, 4) is 0 Å². The quantitative estimate of drug-likeness (QED) is 0.270. The molecule has 0 fully saturated rings. The molecule has 2 aliphatic heterocycles. The number of aryl methyl sites for hydroxylation is 1. The van der Waals surface area contributed by atoms with Gasteiger partial charge in [-0.1, -0.05) is 78.4 Å². The van der Waals surface area contributed by atoms with Crippen LogP contribution in [0.2, 0.25) is 0 Å². The highest BCUT2D eigenvalue weighted by Gasteiger charge is 2.34. The Hall–Kier alpha value is -4.70. The number of rotatable bonds is 4. The van der Waals surface area contributed by atoms with E-state index in [1.54, 1.807) is 0 Å². The Balaban J connectivity index is 1.33. The average molecular weight is 481 g/mol. The maximum Gasteiger partial charge on any atom is 0.130 e. The molecular weight excluding hydrogens is 452 g/mol. The fourth-order valence-electron chi connectivity index (χ4n) is 5.69. The van der Waals surface area contributed by atoms with Crippen molar-refractivity contribution in [1.82, 2.24) is 0 Å². The normalized spacial score (nSPS) is 17.6. The molecule has 0 amide bonds. The molecule has 2 heterocycles. The molecule has 0 saturated heterocycles. The summed E-state index contributed by atoms with van der Waals surface area (Å²) in [4.78, 5) is 4.80. The monoisotopic (exact) mass is 480 g/mol. The van der Waals surface area contributed by atoms with Gasteiger partial charge in [0.15, 0.2) is 0 Å². The lowest BCUT2D eigenvalue weighted by Gasteiger charge is -2.30. The molecule has 4 heteroatoms. The van der Waals surface area contributed by atoms with Gasteiger partial charge in [0, 0.05) is 11.4 Å². The van der Waals surface area contributed by atoms with Crippen LogP contribution in [0.4, 0.5) is 34.1 Å². The van der Waals surface area contributed by atoms with Crippen molar-refractivity contribution >= 4 is 34.1 Å². The van der Waals surface area contributed by atoms with Crippen molar-refractivity contribution in [2.24, 2.45) is 0 Å². The minimum Gasteiger partial charge on any atom is -0.359 e. The lowest BCUT2D eigenvalue weighted by molar-refractivity contribution is 0.798. The van der Waals surface area contributed by atoms with Crippen molar-refractivity contribution in [1.29, 1.82) is 0 Å². The Kier molecular flexibility index (Phi) is 5.10. The topological polar surface area (TPSA) is 30.5 Å². The Morgan fingerprint density at radius 1 is 0.486 bits per heavy atom. The first-order chi connectivity index (χ1) is 18.3. The van der Waals surface area contributed by atoms with E-state index in [4.69, 9.17) is 0 Å². The van der Waals surface area contributed by atoms with Gasteiger partial charge in [-0.15, -0.1) is 0 Å². The third kappa shape index (κ3) is 3.69. The van der Waals surface area contributed by atoms with Crippen LogP contribution in [0.1, 0.15) is 29.0 Å². The summed E-state index contributed by atoms with van der Waals surface area (Å²) < 4.78 is 0. The van der Waals surface area contributed by atoms with Gasteiger partial charge in [-0.25, -0.2) is 0 Å². The van der Waals surface area contributed by atoms with Crippen molar-refractivity contribution in [3.05, 3.63) is 144 Å². The van der Waals surface area contributed by atoms with E-state index in [1.807, 2.05) is 0 Å². The second kappa shape index (κ2) is 8.75. The van der Waals surface area contributed by atoms with E-state index in [0.717, 1.165) is 11.4 Å². The molecule has 2 N–H and O–H groups in total. The molecule has 0 radical (unpaired) electrons. The van der Waals surface area contributed by atoms with E-state index in [1.165, 1.54) is 39.4 Å². The number of nitrogens with zero attached hydrogens (tertiary/aromatic N) is 2. The van der Waals surface area contributed by atoms with Gasteiger partial charge in [-0.2, -0.15) is 0 Å². The van der Waals surface area contributed by atoms with Crippen LogP contribution in [0.25, 0.3) is 0 Å². The first-order valence-corrected chi connectivity index (χ1v) is 12.8. The predicted octanol–water partition coefficient (Wildman–Crippen LogP) is 8.52. The van der Waals surface area contributed by atoms with E-state index < -0.39 is 0 Å². The number of anilines is 6. The molecule has 7 rings (SSSR count). The van der Waals surface area contributed by atoms with Gasteiger partial charge < -0.3 is 20.4 Å². The highest BCUT2D eigenvalue weighted by molar-refractivity contribution is 5.84. The van der Waals surface area contributed by atoms with Crippen molar-refractivity contribution in [2.45, 2.75) is 19.3 Å². The fraction of sp³-hybridized carbons (Fsp3) is 0.0909. The second-order valence-electron chi connectivity index (χ2n) is 9.72. The SMILES string of the molecule is Cc1cc(C2Nc3ccccc3N2c2ccccc2)cc(C2Nc3ccccc3N2c2ccccc2)c1. The van der Waals surface area contributed by atoms with E-state index in [0.29, 0.717) is 0 Å². The molecule has 4 nitrogen and oxygen atoms in total. The van der Waals surface area contributed by atoms with Crippen molar-refractivity contribution < 1.29 is 0 Å². The van der Waals surface area contributed by atoms with Crippen molar-refractivity contribution in [2.75, 3.05) is 20.4 Å². The number of hydrogen-bond acceptors (Lipinski definition) is 4. The average Bonchev–Trinajstić information content (AvgIpc) is 3.53. The molecule has 5 aromatic carbocycles. The molecule has 0 spiro atoms. The smallest absolute Gasteiger partial charge is 0.130 e. The molecule has 2 unspecified atom stereocenters. The molecule has 0 aromatic heterocycles. The van der Waals surface area contributed by atoms with Gasteiger partial charge in [0.05, 0.1) is 22.7 Å². The zero-order valence-corrected chi connectivity index (χ0v) is 20.7. The van der Waals surface area contributed by atoms with Crippen LogP contribution in [-0.2, 0) is 0 Å². The van der Waals surface area contributed by atoms with Gasteiger partial charge in [-0.3, -0.25) is 0 Å². The molecule has 2 aliphatic rings. The Morgan fingerprint density at radius 3 is 1.35 bits per heavy atom. The molecule has 0 aliphatic carbocycles. The number of para-hydroxylation sites is 6. The van der Waals surface area contributed by atoms with E-state index in [-0.39, 0.29) is 12.3 Å². The summed E-state index contributed by atoms with van der Waals surface area (Å²) in [6.45, 7) is 2.19. The highest BCUT2D eigenvalue weighted by atomic mass is 15.3. The van der Waals surface area contributed by atoms with Crippen LogP contribution in [0.5, 0.6) is 0 Å². The lowest BCUT2D eigenvalue weighted by atomic mass is 10.0.